The summed E-state index contributed by atoms with van der Waals surface area (Å²) >= 11 is 5.97. The Morgan fingerprint density at radius 1 is 1.64 bits per heavy atom. The van der Waals surface area contributed by atoms with Crippen LogP contribution in [0.3, 0.4) is 0 Å². The zero-order valence-electron chi connectivity index (χ0n) is 7.83. The summed E-state index contributed by atoms with van der Waals surface area (Å²) in [5, 5.41) is 0.535. The predicted octanol–water partition coefficient (Wildman–Crippen LogP) is 2.22. The molecule has 1 rings (SSSR count). The summed E-state index contributed by atoms with van der Waals surface area (Å²) in [5.41, 5.74) is 1.23. The molecule has 0 aliphatic rings. The number of rotatable bonds is 3. The van der Waals surface area contributed by atoms with Crippen molar-refractivity contribution in [1.82, 2.24) is 0 Å². The van der Waals surface area contributed by atoms with Gasteiger partial charge in [0.1, 0.15) is 0 Å². The van der Waals surface area contributed by atoms with Crippen molar-refractivity contribution in [3.8, 4) is 12.3 Å². The first-order chi connectivity index (χ1) is 6.70. The van der Waals surface area contributed by atoms with E-state index < -0.39 is 0 Å². The maximum atomic E-state index is 10.8. The van der Waals surface area contributed by atoms with Gasteiger partial charge in [0.15, 0.2) is 6.29 Å². The lowest BCUT2D eigenvalue weighted by molar-refractivity contribution is 0.112. The van der Waals surface area contributed by atoms with Crippen LogP contribution in [0.2, 0.25) is 5.02 Å². The maximum absolute atomic E-state index is 10.8. The third-order valence-electron chi connectivity index (χ3n) is 1.86. The van der Waals surface area contributed by atoms with Gasteiger partial charge in [0.05, 0.1) is 17.3 Å². The number of anilines is 1. The van der Waals surface area contributed by atoms with Gasteiger partial charge in [-0.3, -0.25) is 4.79 Å². The highest BCUT2D eigenvalue weighted by Crippen LogP contribution is 2.27. The molecule has 14 heavy (non-hydrogen) atoms. The van der Waals surface area contributed by atoms with E-state index in [2.05, 4.69) is 5.92 Å². The fourth-order valence-electron chi connectivity index (χ4n) is 1.25. The number of benzene rings is 1. The van der Waals surface area contributed by atoms with Gasteiger partial charge in [-0.05, 0) is 12.1 Å². The van der Waals surface area contributed by atoms with E-state index in [0.29, 0.717) is 22.8 Å². The van der Waals surface area contributed by atoms with Gasteiger partial charge in [0.2, 0.25) is 0 Å². The summed E-state index contributed by atoms with van der Waals surface area (Å²) in [4.78, 5) is 12.5. The van der Waals surface area contributed by atoms with Crippen molar-refractivity contribution in [3.63, 3.8) is 0 Å². The van der Waals surface area contributed by atoms with E-state index >= 15 is 0 Å². The number of terminal acetylenes is 1. The van der Waals surface area contributed by atoms with Gasteiger partial charge in [0.25, 0.3) is 0 Å². The van der Waals surface area contributed by atoms with Gasteiger partial charge in [-0.1, -0.05) is 23.6 Å². The largest absolute Gasteiger partial charge is 0.362 e. The van der Waals surface area contributed by atoms with Crippen molar-refractivity contribution in [1.29, 1.82) is 0 Å². The number of hydrogen-bond acceptors (Lipinski definition) is 2. The Balaban J connectivity index is 3.17. The molecular formula is C11H10ClNO. The minimum Gasteiger partial charge on any atom is -0.362 e. The average molecular weight is 208 g/mol. The molecule has 0 bridgehead atoms. The van der Waals surface area contributed by atoms with Crippen molar-refractivity contribution in [2.45, 2.75) is 0 Å². The molecule has 1 aromatic carbocycles. The molecule has 0 heterocycles. The third-order valence-corrected chi connectivity index (χ3v) is 2.16. The van der Waals surface area contributed by atoms with Crippen molar-refractivity contribution < 1.29 is 4.79 Å². The first-order valence-corrected chi connectivity index (χ1v) is 4.46. The highest BCUT2D eigenvalue weighted by atomic mass is 35.5. The van der Waals surface area contributed by atoms with Gasteiger partial charge < -0.3 is 4.90 Å². The van der Waals surface area contributed by atoms with E-state index in [1.807, 2.05) is 0 Å². The lowest BCUT2D eigenvalue weighted by Gasteiger charge is -2.19. The molecule has 72 valence electrons. The van der Waals surface area contributed by atoms with Crippen LogP contribution >= 0.6 is 11.6 Å². The Morgan fingerprint density at radius 2 is 2.36 bits per heavy atom. The van der Waals surface area contributed by atoms with Crippen LogP contribution < -0.4 is 4.90 Å². The van der Waals surface area contributed by atoms with Crippen LogP contribution in [-0.2, 0) is 0 Å². The molecule has 0 fully saturated rings. The van der Waals surface area contributed by atoms with Crippen molar-refractivity contribution >= 4 is 23.6 Å². The van der Waals surface area contributed by atoms with Gasteiger partial charge in [-0.15, -0.1) is 6.42 Å². The van der Waals surface area contributed by atoms with Crippen LogP contribution in [0.5, 0.6) is 0 Å². The Kier molecular flexibility index (Phi) is 3.55. The number of carbonyl (C=O) groups is 1. The van der Waals surface area contributed by atoms with Gasteiger partial charge >= 0.3 is 0 Å². The molecule has 0 radical (unpaired) electrons. The monoisotopic (exact) mass is 207 g/mol. The maximum Gasteiger partial charge on any atom is 0.152 e. The van der Waals surface area contributed by atoms with Gasteiger partial charge in [0, 0.05) is 12.6 Å². The first-order valence-electron chi connectivity index (χ1n) is 4.09. The normalized spacial score (nSPS) is 9.21. The molecule has 0 N–H and O–H groups in total. The lowest BCUT2D eigenvalue weighted by atomic mass is 10.2. The molecule has 0 saturated carbocycles. The number of halogens is 1. The van der Waals surface area contributed by atoms with Crippen LogP contribution in [0, 0.1) is 12.3 Å². The molecule has 3 heteroatoms. The number of carbonyl (C=O) groups excluding carboxylic acids is 1. The van der Waals surface area contributed by atoms with E-state index in [1.54, 1.807) is 30.1 Å². The molecular weight excluding hydrogens is 198 g/mol. The summed E-state index contributed by atoms with van der Waals surface area (Å²) in [7, 11) is 1.80. The minimum absolute atomic E-state index is 0.421. The first kappa shape index (κ1) is 10.6. The number of nitrogens with zero attached hydrogens (tertiary/aromatic N) is 1. The topological polar surface area (TPSA) is 20.3 Å². The molecule has 1 aromatic rings. The van der Waals surface area contributed by atoms with E-state index in [-0.39, 0.29) is 0 Å². The fourth-order valence-corrected chi connectivity index (χ4v) is 1.57. The molecule has 0 saturated heterocycles. The number of para-hydroxylation sites is 1. The van der Waals surface area contributed by atoms with Crippen LogP contribution in [0.15, 0.2) is 18.2 Å². The highest BCUT2D eigenvalue weighted by molar-refractivity contribution is 6.33. The molecule has 2 nitrogen and oxygen atoms in total. The Morgan fingerprint density at radius 3 is 2.93 bits per heavy atom. The van der Waals surface area contributed by atoms with Crippen LogP contribution in [0.4, 0.5) is 5.69 Å². The molecule has 0 atom stereocenters. The predicted molar refractivity (Wildman–Crippen MR) is 58.9 cm³/mol. The molecule has 0 spiro atoms. The zero-order valence-corrected chi connectivity index (χ0v) is 8.58. The lowest BCUT2D eigenvalue weighted by Crippen LogP contribution is -2.19. The van der Waals surface area contributed by atoms with E-state index in [9.17, 15) is 4.79 Å². The summed E-state index contributed by atoms with van der Waals surface area (Å²) < 4.78 is 0. The smallest absolute Gasteiger partial charge is 0.152 e. The van der Waals surface area contributed by atoms with Crippen molar-refractivity contribution in [2.75, 3.05) is 18.5 Å². The quantitative estimate of drug-likeness (QED) is 0.560. The fraction of sp³-hybridized carbons (Fsp3) is 0.182. The van der Waals surface area contributed by atoms with Gasteiger partial charge in [-0.25, -0.2) is 0 Å². The van der Waals surface area contributed by atoms with E-state index in [1.165, 1.54) is 0 Å². The van der Waals surface area contributed by atoms with Crippen LogP contribution in [0.25, 0.3) is 0 Å². The highest BCUT2D eigenvalue weighted by Gasteiger charge is 2.09. The van der Waals surface area contributed by atoms with E-state index in [4.69, 9.17) is 18.0 Å². The SMILES string of the molecule is C#CCN(C)c1c(Cl)cccc1C=O. The summed E-state index contributed by atoms with van der Waals surface area (Å²) in [6.45, 7) is 0.421. The molecule has 0 aromatic heterocycles. The molecule has 0 aliphatic heterocycles. The Bertz CT molecular complexity index is 381. The van der Waals surface area contributed by atoms with Crippen molar-refractivity contribution in [3.05, 3.63) is 28.8 Å². The summed E-state index contributed by atoms with van der Waals surface area (Å²) in [5.74, 6) is 2.50. The van der Waals surface area contributed by atoms with Crippen molar-refractivity contribution in [2.24, 2.45) is 0 Å². The zero-order chi connectivity index (χ0) is 10.6. The van der Waals surface area contributed by atoms with E-state index in [0.717, 1.165) is 6.29 Å². The Hall–Kier alpha value is -1.46. The number of aldehydes is 1. The standard InChI is InChI=1S/C11H10ClNO/c1-3-7-13(2)11-9(8-14)5-4-6-10(11)12/h1,4-6,8H,7H2,2H3. The van der Waals surface area contributed by atoms with Crippen LogP contribution in [0.1, 0.15) is 10.4 Å². The third kappa shape index (κ3) is 2.07. The van der Waals surface area contributed by atoms with Crippen LogP contribution in [-0.4, -0.2) is 19.9 Å². The molecule has 0 unspecified atom stereocenters. The Labute approximate surface area is 88.5 Å². The van der Waals surface area contributed by atoms with Gasteiger partial charge in [-0.2, -0.15) is 0 Å². The average Bonchev–Trinajstić information content (AvgIpc) is 2.17. The minimum atomic E-state index is 0.421. The second kappa shape index (κ2) is 4.69. The molecule has 0 aliphatic carbocycles. The summed E-state index contributed by atoms with van der Waals surface area (Å²) in [6.07, 6.45) is 5.96. The number of hydrogen-bond donors (Lipinski definition) is 0. The summed E-state index contributed by atoms with van der Waals surface area (Å²) in [6, 6.07) is 5.18. The molecule has 0 amide bonds. The second-order valence-corrected chi connectivity index (χ2v) is 3.26. The second-order valence-electron chi connectivity index (χ2n) is 2.86.